The fraction of sp³-hybridized carbons (Fsp3) is 0.381. The van der Waals surface area contributed by atoms with E-state index in [2.05, 4.69) is 10.3 Å². The van der Waals surface area contributed by atoms with Gasteiger partial charge in [0.05, 0.1) is 25.2 Å². The molecular formula is C21H23N3O3. The minimum absolute atomic E-state index is 0.0157. The highest BCUT2D eigenvalue weighted by atomic mass is 16.5. The second-order valence-electron chi connectivity index (χ2n) is 7.09. The number of hydrogen-bond acceptors (Lipinski definition) is 4. The molecule has 27 heavy (non-hydrogen) atoms. The maximum absolute atomic E-state index is 13.3. The number of ether oxygens (including phenoxy) is 1. The predicted octanol–water partition coefficient (Wildman–Crippen LogP) is 2.71. The first-order valence-corrected chi connectivity index (χ1v) is 9.34. The molecule has 0 spiro atoms. The van der Waals surface area contributed by atoms with Gasteiger partial charge in [-0.05, 0) is 49.1 Å². The van der Waals surface area contributed by atoms with E-state index in [0.29, 0.717) is 18.5 Å². The molecule has 2 fully saturated rings. The minimum Gasteiger partial charge on any atom is -0.497 e. The van der Waals surface area contributed by atoms with Gasteiger partial charge >= 0.3 is 0 Å². The molecule has 1 aromatic heterocycles. The standard InChI is InChI=1S/C21H23N3O3/c1-27-15-10-8-14(9-11-15)19-13-17-18(6-4-7-20(25)23-17)24(19)21(26)16-5-2-3-12-22-16/h2-3,5,8-12,17-19H,4,6-7,13H2,1H3,(H,23,25)/t17-,18+,19+/m1/s1. The van der Waals surface area contributed by atoms with Gasteiger partial charge < -0.3 is 15.0 Å². The number of likely N-dealkylation sites (tertiary alicyclic amines) is 1. The summed E-state index contributed by atoms with van der Waals surface area (Å²) in [4.78, 5) is 31.6. The maximum atomic E-state index is 13.3. The Labute approximate surface area is 158 Å². The van der Waals surface area contributed by atoms with Gasteiger partial charge in [0.15, 0.2) is 0 Å². The van der Waals surface area contributed by atoms with E-state index in [1.807, 2.05) is 35.2 Å². The number of pyridine rings is 1. The van der Waals surface area contributed by atoms with Gasteiger partial charge in [0.1, 0.15) is 11.4 Å². The number of methoxy groups -OCH3 is 1. The molecule has 1 aromatic carbocycles. The number of nitrogens with one attached hydrogen (secondary N) is 1. The summed E-state index contributed by atoms with van der Waals surface area (Å²) in [6, 6.07) is 13.0. The molecule has 2 aliphatic rings. The summed E-state index contributed by atoms with van der Waals surface area (Å²) < 4.78 is 5.25. The molecule has 2 saturated heterocycles. The Morgan fingerprint density at radius 2 is 2.04 bits per heavy atom. The van der Waals surface area contributed by atoms with E-state index in [1.165, 1.54) is 0 Å². The first kappa shape index (κ1) is 17.5. The predicted molar refractivity (Wildman–Crippen MR) is 100 cm³/mol. The van der Waals surface area contributed by atoms with Gasteiger partial charge in [0, 0.05) is 12.6 Å². The molecule has 0 bridgehead atoms. The average Bonchev–Trinajstić information content (AvgIpc) is 2.95. The normalized spacial score (nSPS) is 24.7. The van der Waals surface area contributed by atoms with Crippen LogP contribution in [-0.2, 0) is 4.79 Å². The Balaban J connectivity index is 1.71. The van der Waals surface area contributed by atoms with Crippen molar-refractivity contribution in [2.24, 2.45) is 0 Å². The largest absolute Gasteiger partial charge is 0.497 e. The zero-order valence-electron chi connectivity index (χ0n) is 15.3. The van der Waals surface area contributed by atoms with Gasteiger partial charge in [-0.15, -0.1) is 0 Å². The molecule has 0 unspecified atom stereocenters. The van der Waals surface area contributed by atoms with Crippen LogP contribution < -0.4 is 10.1 Å². The summed E-state index contributed by atoms with van der Waals surface area (Å²) in [5, 5.41) is 3.12. The number of aromatic nitrogens is 1. The van der Waals surface area contributed by atoms with Crippen molar-refractivity contribution in [1.82, 2.24) is 15.2 Å². The van der Waals surface area contributed by atoms with Crippen molar-refractivity contribution < 1.29 is 14.3 Å². The van der Waals surface area contributed by atoms with Crippen LogP contribution in [0.25, 0.3) is 0 Å². The fourth-order valence-corrected chi connectivity index (χ4v) is 4.22. The molecule has 0 aliphatic carbocycles. The molecule has 2 aromatic rings. The Kier molecular flexibility index (Phi) is 4.79. The first-order chi connectivity index (χ1) is 13.2. The molecule has 2 amide bonds. The van der Waals surface area contributed by atoms with Crippen LogP contribution in [0.5, 0.6) is 5.75 Å². The zero-order chi connectivity index (χ0) is 18.8. The molecule has 0 saturated carbocycles. The Morgan fingerprint density at radius 1 is 1.22 bits per heavy atom. The zero-order valence-corrected chi connectivity index (χ0v) is 15.3. The number of carbonyl (C=O) groups excluding carboxylic acids is 2. The number of fused-ring (bicyclic) bond motifs is 1. The number of nitrogens with zero attached hydrogens (tertiary/aromatic N) is 2. The Bertz CT molecular complexity index is 822. The molecular weight excluding hydrogens is 342 g/mol. The van der Waals surface area contributed by atoms with Crippen LogP contribution in [0.15, 0.2) is 48.7 Å². The lowest BCUT2D eigenvalue weighted by Gasteiger charge is -2.31. The topological polar surface area (TPSA) is 71.5 Å². The van der Waals surface area contributed by atoms with E-state index in [9.17, 15) is 9.59 Å². The van der Waals surface area contributed by atoms with Crippen molar-refractivity contribution in [2.45, 2.75) is 43.8 Å². The molecule has 6 heteroatoms. The minimum atomic E-state index is -0.0983. The van der Waals surface area contributed by atoms with Crippen molar-refractivity contribution in [3.05, 3.63) is 59.9 Å². The number of amides is 2. The van der Waals surface area contributed by atoms with E-state index in [4.69, 9.17) is 4.74 Å². The van der Waals surface area contributed by atoms with Gasteiger partial charge in [-0.2, -0.15) is 0 Å². The molecule has 3 heterocycles. The summed E-state index contributed by atoms with van der Waals surface area (Å²) in [6.07, 6.45) is 4.47. The monoisotopic (exact) mass is 365 g/mol. The molecule has 0 radical (unpaired) electrons. The Hall–Kier alpha value is -2.89. The van der Waals surface area contributed by atoms with Gasteiger partial charge in [-0.3, -0.25) is 14.6 Å². The molecule has 140 valence electrons. The summed E-state index contributed by atoms with van der Waals surface area (Å²) in [7, 11) is 1.63. The lowest BCUT2D eigenvalue weighted by Crippen LogP contribution is -2.45. The van der Waals surface area contributed by atoms with Crippen molar-refractivity contribution in [3.63, 3.8) is 0 Å². The lowest BCUT2D eigenvalue weighted by molar-refractivity contribution is -0.121. The molecule has 6 nitrogen and oxygen atoms in total. The Morgan fingerprint density at radius 3 is 2.74 bits per heavy atom. The number of carbonyl (C=O) groups is 2. The van der Waals surface area contributed by atoms with Gasteiger partial charge in [0.25, 0.3) is 5.91 Å². The van der Waals surface area contributed by atoms with E-state index < -0.39 is 0 Å². The SMILES string of the molecule is COc1ccc([C@@H]2C[C@H]3NC(=O)CCC[C@@H]3N2C(=O)c2ccccn2)cc1. The third-order valence-corrected chi connectivity index (χ3v) is 5.50. The third-order valence-electron chi connectivity index (χ3n) is 5.50. The van der Waals surface area contributed by atoms with Crippen LogP contribution in [0.3, 0.4) is 0 Å². The number of hydrogen-bond donors (Lipinski definition) is 1. The smallest absolute Gasteiger partial charge is 0.273 e. The van der Waals surface area contributed by atoms with Crippen molar-refractivity contribution >= 4 is 11.8 Å². The summed E-state index contributed by atoms with van der Waals surface area (Å²) in [5.41, 5.74) is 1.48. The number of rotatable bonds is 3. The van der Waals surface area contributed by atoms with Crippen molar-refractivity contribution in [1.29, 1.82) is 0 Å². The van der Waals surface area contributed by atoms with Gasteiger partial charge in [0.2, 0.25) is 5.91 Å². The van der Waals surface area contributed by atoms with E-state index in [-0.39, 0.29) is 29.9 Å². The van der Waals surface area contributed by atoms with Crippen molar-refractivity contribution in [3.8, 4) is 5.75 Å². The lowest BCUT2D eigenvalue weighted by atomic mass is 10.0. The van der Waals surface area contributed by atoms with Gasteiger partial charge in [-0.1, -0.05) is 18.2 Å². The summed E-state index contributed by atoms with van der Waals surface area (Å²) >= 11 is 0. The van der Waals surface area contributed by atoms with Crippen LogP contribution in [0, 0.1) is 0 Å². The van der Waals surface area contributed by atoms with E-state index in [1.54, 1.807) is 25.4 Å². The van der Waals surface area contributed by atoms with Crippen LogP contribution in [0.1, 0.15) is 47.8 Å². The summed E-state index contributed by atoms with van der Waals surface area (Å²) in [5.74, 6) is 0.769. The third kappa shape index (κ3) is 3.39. The second-order valence-corrected chi connectivity index (χ2v) is 7.09. The van der Waals surface area contributed by atoms with Crippen LogP contribution in [0.4, 0.5) is 0 Å². The second kappa shape index (κ2) is 7.39. The fourth-order valence-electron chi connectivity index (χ4n) is 4.22. The van der Waals surface area contributed by atoms with Crippen LogP contribution >= 0.6 is 0 Å². The van der Waals surface area contributed by atoms with Gasteiger partial charge in [-0.25, -0.2) is 0 Å². The molecule has 4 rings (SSSR count). The summed E-state index contributed by atoms with van der Waals surface area (Å²) in [6.45, 7) is 0. The molecule has 1 N–H and O–H groups in total. The molecule has 3 atom stereocenters. The highest BCUT2D eigenvalue weighted by Gasteiger charge is 2.46. The van der Waals surface area contributed by atoms with E-state index in [0.717, 1.165) is 24.2 Å². The first-order valence-electron chi connectivity index (χ1n) is 9.34. The molecule has 2 aliphatic heterocycles. The highest BCUT2D eigenvalue weighted by molar-refractivity contribution is 5.93. The maximum Gasteiger partial charge on any atom is 0.273 e. The van der Waals surface area contributed by atoms with E-state index >= 15 is 0 Å². The highest BCUT2D eigenvalue weighted by Crippen LogP contribution is 2.40. The average molecular weight is 365 g/mol. The van der Waals surface area contributed by atoms with Crippen LogP contribution in [-0.4, -0.2) is 40.9 Å². The number of benzene rings is 1. The van der Waals surface area contributed by atoms with Crippen molar-refractivity contribution in [2.75, 3.05) is 7.11 Å². The quantitative estimate of drug-likeness (QED) is 0.908. The van der Waals surface area contributed by atoms with Crippen LogP contribution in [0.2, 0.25) is 0 Å².